The smallest absolute Gasteiger partial charge is 0.138 e. The van der Waals surface area contributed by atoms with Gasteiger partial charge in [0.2, 0.25) is 0 Å². The van der Waals surface area contributed by atoms with Crippen LogP contribution in [-0.4, -0.2) is 21.6 Å². The fourth-order valence-electron chi connectivity index (χ4n) is 1.99. The van der Waals surface area contributed by atoms with Gasteiger partial charge in [0.25, 0.3) is 0 Å². The van der Waals surface area contributed by atoms with E-state index in [1.807, 2.05) is 13.0 Å². The summed E-state index contributed by atoms with van der Waals surface area (Å²) >= 11 is 5.32. The summed E-state index contributed by atoms with van der Waals surface area (Å²) in [6.45, 7) is 6.77. The number of nitrogens with zero attached hydrogens (tertiary/aromatic N) is 2. The Morgan fingerprint density at radius 1 is 1.37 bits per heavy atom. The Labute approximate surface area is 117 Å². The lowest BCUT2D eigenvalue weighted by Gasteiger charge is -2.12. The molecule has 100 valence electrons. The maximum absolute atomic E-state index is 5.48. The summed E-state index contributed by atoms with van der Waals surface area (Å²) in [4.78, 5) is 11.5. The van der Waals surface area contributed by atoms with E-state index in [4.69, 9.17) is 17.0 Å². The van der Waals surface area contributed by atoms with Crippen molar-refractivity contribution in [1.82, 2.24) is 15.0 Å². The predicted molar refractivity (Wildman–Crippen MR) is 77.9 cm³/mol. The van der Waals surface area contributed by atoms with Gasteiger partial charge in [0.05, 0.1) is 24.8 Å². The molecule has 2 aromatic rings. The molecular formula is C14H17N3OS. The van der Waals surface area contributed by atoms with Gasteiger partial charge in [-0.05, 0) is 18.9 Å². The van der Waals surface area contributed by atoms with Crippen molar-refractivity contribution in [1.29, 1.82) is 0 Å². The lowest BCUT2D eigenvalue weighted by molar-refractivity contribution is 0.339. The molecule has 19 heavy (non-hydrogen) atoms. The highest BCUT2D eigenvalue weighted by Crippen LogP contribution is 2.28. The van der Waals surface area contributed by atoms with E-state index < -0.39 is 0 Å². The lowest BCUT2D eigenvalue weighted by Crippen LogP contribution is -2.00. The molecule has 2 rings (SSSR count). The molecule has 0 radical (unpaired) electrons. The zero-order chi connectivity index (χ0) is 13.8. The summed E-state index contributed by atoms with van der Waals surface area (Å²) < 4.78 is 6.11. The van der Waals surface area contributed by atoms with Crippen molar-refractivity contribution in [2.45, 2.75) is 26.7 Å². The van der Waals surface area contributed by atoms with Gasteiger partial charge in [0, 0.05) is 17.3 Å². The summed E-state index contributed by atoms with van der Waals surface area (Å²) in [5.74, 6) is 1.05. The summed E-state index contributed by atoms with van der Waals surface area (Å²) in [6, 6.07) is 1.96. The number of nitrogens with one attached hydrogen (secondary N) is 1. The molecule has 2 heterocycles. The second-order valence-electron chi connectivity index (χ2n) is 4.49. The van der Waals surface area contributed by atoms with Gasteiger partial charge in [-0.3, -0.25) is 4.98 Å². The van der Waals surface area contributed by atoms with Crippen molar-refractivity contribution in [3.63, 3.8) is 0 Å². The Kier molecular flexibility index (Phi) is 4.27. The second kappa shape index (κ2) is 5.93. The first-order valence-corrected chi connectivity index (χ1v) is 6.70. The summed E-state index contributed by atoms with van der Waals surface area (Å²) in [5, 5.41) is 0. The Morgan fingerprint density at radius 2 is 2.16 bits per heavy atom. The molecule has 0 saturated carbocycles. The number of hydrogen-bond acceptors (Lipinski definition) is 4. The van der Waals surface area contributed by atoms with E-state index in [2.05, 4.69) is 28.8 Å². The number of aromatic nitrogens is 3. The van der Waals surface area contributed by atoms with Crippen LogP contribution in [0.25, 0.3) is 11.3 Å². The molecule has 0 unspecified atom stereocenters. The highest BCUT2D eigenvalue weighted by Gasteiger charge is 2.12. The molecule has 0 aliphatic heterocycles. The number of aromatic amines is 1. The summed E-state index contributed by atoms with van der Waals surface area (Å²) in [5.41, 5.74) is 2.96. The van der Waals surface area contributed by atoms with E-state index in [1.54, 1.807) is 18.7 Å². The molecule has 0 bridgehead atoms. The first-order valence-electron chi connectivity index (χ1n) is 6.29. The van der Waals surface area contributed by atoms with E-state index in [9.17, 15) is 0 Å². The molecule has 1 N–H and O–H groups in total. The first kappa shape index (κ1) is 13.7. The second-order valence-corrected chi connectivity index (χ2v) is 4.88. The van der Waals surface area contributed by atoms with Crippen LogP contribution in [0.5, 0.6) is 5.75 Å². The van der Waals surface area contributed by atoms with Crippen LogP contribution in [-0.2, 0) is 0 Å². The number of H-pyrrole nitrogens is 1. The molecule has 0 amide bonds. The van der Waals surface area contributed by atoms with Crippen molar-refractivity contribution >= 4 is 12.2 Å². The zero-order valence-electron chi connectivity index (χ0n) is 11.3. The number of ether oxygens (including phenoxy) is 1. The third kappa shape index (κ3) is 2.98. The Morgan fingerprint density at radius 3 is 2.84 bits per heavy atom. The van der Waals surface area contributed by atoms with Crippen LogP contribution in [0.3, 0.4) is 0 Å². The molecule has 2 aromatic heterocycles. The average Bonchev–Trinajstić information content (AvgIpc) is 2.38. The van der Waals surface area contributed by atoms with Crippen LogP contribution in [0.1, 0.15) is 32.3 Å². The maximum Gasteiger partial charge on any atom is 0.138 e. The first-order chi connectivity index (χ1) is 9.13. The van der Waals surface area contributed by atoms with E-state index in [-0.39, 0.29) is 0 Å². The van der Waals surface area contributed by atoms with Gasteiger partial charge >= 0.3 is 0 Å². The molecule has 0 aliphatic carbocycles. The third-order valence-electron chi connectivity index (χ3n) is 2.78. The van der Waals surface area contributed by atoms with Crippen LogP contribution < -0.4 is 4.74 Å². The van der Waals surface area contributed by atoms with Crippen molar-refractivity contribution < 1.29 is 4.74 Å². The minimum absolute atomic E-state index is 0.295. The maximum atomic E-state index is 5.48. The van der Waals surface area contributed by atoms with E-state index in [1.165, 1.54) is 0 Å². The normalized spacial score (nSPS) is 10.7. The van der Waals surface area contributed by atoms with Crippen LogP contribution >= 0.6 is 12.2 Å². The molecule has 5 heteroatoms. The van der Waals surface area contributed by atoms with E-state index in [0.717, 1.165) is 22.6 Å². The minimum Gasteiger partial charge on any atom is -0.492 e. The van der Waals surface area contributed by atoms with Crippen molar-refractivity contribution in [2.75, 3.05) is 6.61 Å². The van der Waals surface area contributed by atoms with Gasteiger partial charge in [-0.15, -0.1) is 0 Å². The fraction of sp³-hybridized carbons (Fsp3) is 0.357. The molecule has 0 atom stereocenters. The standard InChI is InChI=1S/C14H17N3OS/c1-4-18-11-5-10(6-15-7-11)13-12(9(2)3)14(19)17-8-16-13/h5-9H,4H2,1-3H3,(H,16,17,19). The molecule has 0 fully saturated rings. The molecule has 4 nitrogen and oxygen atoms in total. The fourth-order valence-corrected chi connectivity index (χ4v) is 2.38. The van der Waals surface area contributed by atoms with Crippen LogP contribution in [0.4, 0.5) is 0 Å². The van der Waals surface area contributed by atoms with Crippen molar-refractivity contribution in [2.24, 2.45) is 0 Å². The molecule has 0 aliphatic rings. The molecular weight excluding hydrogens is 258 g/mol. The molecule has 0 spiro atoms. The average molecular weight is 275 g/mol. The van der Waals surface area contributed by atoms with Crippen molar-refractivity contribution in [3.8, 4) is 17.0 Å². The highest BCUT2D eigenvalue weighted by molar-refractivity contribution is 7.71. The van der Waals surface area contributed by atoms with Gasteiger partial charge in [-0.1, -0.05) is 26.1 Å². The van der Waals surface area contributed by atoms with E-state index in [0.29, 0.717) is 17.2 Å². The predicted octanol–water partition coefficient (Wildman–Crippen LogP) is 3.72. The van der Waals surface area contributed by atoms with Crippen LogP contribution in [0, 0.1) is 4.64 Å². The van der Waals surface area contributed by atoms with Gasteiger partial charge in [-0.25, -0.2) is 4.98 Å². The quantitative estimate of drug-likeness (QED) is 0.864. The Balaban J connectivity index is 2.55. The van der Waals surface area contributed by atoms with Gasteiger partial charge in [-0.2, -0.15) is 0 Å². The number of hydrogen-bond donors (Lipinski definition) is 1. The van der Waals surface area contributed by atoms with Gasteiger partial charge in [0.15, 0.2) is 0 Å². The molecule has 0 aromatic carbocycles. The lowest BCUT2D eigenvalue weighted by atomic mass is 10.00. The van der Waals surface area contributed by atoms with E-state index >= 15 is 0 Å². The zero-order valence-corrected chi connectivity index (χ0v) is 12.1. The minimum atomic E-state index is 0.295. The van der Waals surface area contributed by atoms with Crippen LogP contribution in [0.15, 0.2) is 24.8 Å². The molecule has 0 saturated heterocycles. The Hall–Kier alpha value is -1.75. The third-order valence-corrected chi connectivity index (χ3v) is 3.11. The number of rotatable bonds is 4. The van der Waals surface area contributed by atoms with Gasteiger partial charge < -0.3 is 9.72 Å². The number of pyridine rings is 1. The highest BCUT2D eigenvalue weighted by atomic mass is 32.1. The SMILES string of the molecule is CCOc1cncc(-c2[nH]cnc(=S)c2C(C)C)c1. The van der Waals surface area contributed by atoms with Crippen LogP contribution in [0.2, 0.25) is 0 Å². The summed E-state index contributed by atoms with van der Waals surface area (Å²) in [6.07, 6.45) is 5.13. The van der Waals surface area contributed by atoms with Crippen molar-refractivity contribution in [3.05, 3.63) is 35.0 Å². The monoisotopic (exact) mass is 275 g/mol. The summed E-state index contributed by atoms with van der Waals surface area (Å²) in [7, 11) is 0. The largest absolute Gasteiger partial charge is 0.492 e. The van der Waals surface area contributed by atoms with Gasteiger partial charge in [0.1, 0.15) is 10.4 Å². The topological polar surface area (TPSA) is 50.8 Å². The Bertz CT molecular complexity index is 622.